The Morgan fingerprint density at radius 1 is 1.29 bits per heavy atom. The minimum Gasteiger partial charge on any atom is -0.405 e. The average molecular weight is 206 g/mol. The van der Waals surface area contributed by atoms with Crippen LogP contribution in [0.4, 0.5) is 17.6 Å². The van der Waals surface area contributed by atoms with Gasteiger partial charge in [-0.1, -0.05) is 12.7 Å². The summed E-state index contributed by atoms with van der Waals surface area (Å²) in [5.41, 5.74) is -0.0395. The van der Waals surface area contributed by atoms with Gasteiger partial charge in [-0.3, -0.25) is 0 Å². The topological polar surface area (TPSA) is 9.23 Å². The van der Waals surface area contributed by atoms with E-state index in [9.17, 15) is 17.6 Å². The molecule has 0 saturated carbocycles. The van der Waals surface area contributed by atoms with Crippen LogP contribution in [0.3, 0.4) is 0 Å². The van der Waals surface area contributed by atoms with Gasteiger partial charge in [0, 0.05) is 5.56 Å². The Morgan fingerprint density at radius 3 is 2.43 bits per heavy atom. The third-order valence-electron chi connectivity index (χ3n) is 1.42. The number of hydrogen-bond donors (Lipinski definition) is 0. The van der Waals surface area contributed by atoms with Crippen LogP contribution in [0.5, 0.6) is 5.75 Å². The summed E-state index contributed by atoms with van der Waals surface area (Å²) in [5, 5.41) is 0. The van der Waals surface area contributed by atoms with E-state index >= 15 is 0 Å². The lowest BCUT2D eigenvalue weighted by atomic mass is 10.2. The fourth-order valence-corrected chi connectivity index (χ4v) is 0.896. The van der Waals surface area contributed by atoms with Crippen LogP contribution in [0.25, 0.3) is 6.08 Å². The van der Waals surface area contributed by atoms with Gasteiger partial charge in [0.1, 0.15) is 11.6 Å². The van der Waals surface area contributed by atoms with Gasteiger partial charge in [0.25, 0.3) is 0 Å². The molecule has 1 nitrogen and oxygen atoms in total. The standard InChI is InChI=1S/C9H6F4O/c1-2-6-5-7(10)3-4-8(6)14-9(11,12)13/h2-5H,1H2. The van der Waals surface area contributed by atoms with Crippen molar-refractivity contribution >= 4 is 6.08 Å². The van der Waals surface area contributed by atoms with Crippen LogP contribution in [0.2, 0.25) is 0 Å². The first kappa shape index (κ1) is 10.6. The maximum absolute atomic E-state index is 12.6. The van der Waals surface area contributed by atoms with Gasteiger partial charge >= 0.3 is 6.36 Å². The third-order valence-corrected chi connectivity index (χ3v) is 1.42. The van der Waals surface area contributed by atoms with Crippen LogP contribution >= 0.6 is 0 Å². The Morgan fingerprint density at radius 2 is 1.93 bits per heavy atom. The molecule has 0 amide bonds. The molecule has 0 radical (unpaired) electrons. The fraction of sp³-hybridized carbons (Fsp3) is 0.111. The molecular weight excluding hydrogens is 200 g/mol. The van der Waals surface area contributed by atoms with E-state index in [2.05, 4.69) is 11.3 Å². The van der Waals surface area contributed by atoms with Gasteiger partial charge in [-0.2, -0.15) is 0 Å². The number of halogens is 4. The SMILES string of the molecule is C=Cc1cc(F)ccc1OC(F)(F)F. The minimum atomic E-state index is -4.78. The number of rotatable bonds is 2. The first-order chi connectivity index (χ1) is 6.42. The van der Waals surface area contributed by atoms with Gasteiger partial charge in [-0.05, 0) is 18.2 Å². The van der Waals surface area contributed by atoms with Gasteiger partial charge in [-0.15, -0.1) is 13.2 Å². The summed E-state index contributed by atoms with van der Waals surface area (Å²) in [6.07, 6.45) is -3.69. The first-order valence-electron chi connectivity index (χ1n) is 3.60. The number of hydrogen-bond acceptors (Lipinski definition) is 1. The Labute approximate surface area is 77.6 Å². The molecule has 0 saturated heterocycles. The summed E-state index contributed by atoms with van der Waals surface area (Å²) < 4.78 is 51.6. The van der Waals surface area contributed by atoms with Crippen molar-refractivity contribution in [3.8, 4) is 5.75 Å². The van der Waals surface area contributed by atoms with E-state index in [1.165, 1.54) is 0 Å². The van der Waals surface area contributed by atoms with Crippen molar-refractivity contribution in [3.63, 3.8) is 0 Å². The summed E-state index contributed by atoms with van der Waals surface area (Å²) in [6, 6.07) is 2.70. The molecule has 1 rings (SSSR count). The predicted molar refractivity (Wildman–Crippen MR) is 43.2 cm³/mol. The van der Waals surface area contributed by atoms with Crippen molar-refractivity contribution in [2.75, 3.05) is 0 Å². The van der Waals surface area contributed by atoms with Crippen LogP contribution in [0, 0.1) is 5.82 Å². The Hall–Kier alpha value is -1.52. The molecule has 5 heteroatoms. The summed E-state index contributed by atoms with van der Waals surface area (Å²) >= 11 is 0. The molecule has 0 aliphatic heterocycles. The molecule has 76 valence electrons. The minimum absolute atomic E-state index is 0.0395. The van der Waals surface area contributed by atoms with Gasteiger partial charge in [0.2, 0.25) is 0 Å². The smallest absolute Gasteiger partial charge is 0.405 e. The molecule has 0 bridgehead atoms. The van der Waals surface area contributed by atoms with E-state index in [1.54, 1.807) is 0 Å². The molecule has 1 aromatic carbocycles. The quantitative estimate of drug-likeness (QED) is 0.674. The van der Waals surface area contributed by atoms with Crippen molar-refractivity contribution in [1.82, 2.24) is 0 Å². The lowest BCUT2D eigenvalue weighted by molar-refractivity contribution is -0.274. The lowest BCUT2D eigenvalue weighted by Crippen LogP contribution is -2.17. The molecule has 1 aromatic rings. The number of benzene rings is 1. The van der Waals surface area contributed by atoms with Crippen molar-refractivity contribution in [3.05, 3.63) is 36.2 Å². The number of ether oxygens (including phenoxy) is 1. The highest BCUT2D eigenvalue weighted by atomic mass is 19.4. The van der Waals surface area contributed by atoms with E-state index in [-0.39, 0.29) is 5.56 Å². The first-order valence-corrected chi connectivity index (χ1v) is 3.60. The molecule has 0 aliphatic carbocycles. The summed E-state index contributed by atoms with van der Waals surface area (Å²) in [7, 11) is 0. The van der Waals surface area contributed by atoms with E-state index in [0.717, 1.165) is 24.3 Å². The predicted octanol–water partition coefficient (Wildman–Crippen LogP) is 3.37. The largest absolute Gasteiger partial charge is 0.573 e. The molecule has 0 atom stereocenters. The van der Waals surface area contributed by atoms with E-state index in [4.69, 9.17) is 0 Å². The monoisotopic (exact) mass is 206 g/mol. The van der Waals surface area contributed by atoms with Crippen LogP contribution in [-0.2, 0) is 0 Å². The maximum Gasteiger partial charge on any atom is 0.573 e. The Balaban J connectivity index is 3.03. The van der Waals surface area contributed by atoms with Crippen molar-refractivity contribution in [1.29, 1.82) is 0 Å². The molecule has 0 unspecified atom stereocenters. The second kappa shape index (κ2) is 3.69. The van der Waals surface area contributed by atoms with Gasteiger partial charge < -0.3 is 4.74 Å². The highest BCUT2D eigenvalue weighted by molar-refractivity contribution is 5.55. The molecule has 0 spiro atoms. The fourth-order valence-electron chi connectivity index (χ4n) is 0.896. The van der Waals surface area contributed by atoms with Gasteiger partial charge in [0.15, 0.2) is 0 Å². The lowest BCUT2D eigenvalue weighted by Gasteiger charge is -2.10. The van der Waals surface area contributed by atoms with Crippen molar-refractivity contribution in [2.24, 2.45) is 0 Å². The molecule has 0 fully saturated rings. The van der Waals surface area contributed by atoms with E-state index < -0.39 is 17.9 Å². The maximum atomic E-state index is 12.6. The van der Waals surface area contributed by atoms with E-state index in [0.29, 0.717) is 0 Å². The number of alkyl halides is 3. The molecular formula is C9H6F4O. The zero-order valence-corrected chi connectivity index (χ0v) is 6.94. The molecule has 0 N–H and O–H groups in total. The van der Waals surface area contributed by atoms with Crippen molar-refractivity contribution in [2.45, 2.75) is 6.36 Å². The highest BCUT2D eigenvalue weighted by Gasteiger charge is 2.31. The summed E-state index contributed by atoms with van der Waals surface area (Å²) in [5.74, 6) is -1.11. The zero-order chi connectivity index (χ0) is 10.8. The summed E-state index contributed by atoms with van der Waals surface area (Å²) in [6.45, 7) is 3.25. The second-order valence-corrected chi connectivity index (χ2v) is 2.43. The van der Waals surface area contributed by atoms with Gasteiger partial charge in [0.05, 0.1) is 0 Å². The highest BCUT2D eigenvalue weighted by Crippen LogP contribution is 2.27. The Kier molecular flexibility index (Phi) is 2.78. The molecule has 14 heavy (non-hydrogen) atoms. The van der Waals surface area contributed by atoms with Crippen LogP contribution in [0.15, 0.2) is 24.8 Å². The van der Waals surface area contributed by atoms with E-state index in [1.807, 2.05) is 0 Å². The third kappa shape index (κ3) is 2.76. The zero-order valence-electron chi connectivity index (χ0n) is 6.94. The molecule has 0 aromatic heterocycles. The van der Waals surface area contributed by atoms with Crippen LogP contribution < -0.4 is 4.74 Å². The normalized spacial score (nSPS) is 11.1. The average Bonchev–Trinajstić information content (AvgIpc) is 2.06. The van der Waals surface area contributed by atoms with Crippen molar-refractivity contribution < 1.29 is 22.3 Å². The molecule has 0 heterocycles. The van der Waals surface area contributed by atoms with Crippen LogP contribution in [-0.4, -0.2) is 6.36 Å². The van der Waals surface area contributed by atoms with Crippen LogP contribution in [0.1, 0.15) is 5.56 Å². The Bertz CT molecular complexity index is 343. The summed E-state index contributed by atoms with van der Waals surface area (Å²) in [4.78, 5) is 0. The second-order valence-electron chi connectivity index (χ2n) is 2.43. The van der Waals surface area contributed by atoms with Gasteiger partial charge in [-0.25, -0.2) is 4.39 Å². The molecule has 0 aliphatic rings.